The molecule has 44 heavy (non-hydrogen) atoms. The van der Waals surface area contributed by atoms with Gasteiger partial charge in [-0.25, -0.2) is 0 Å². The fourth-order valence-electron chi connectivity index (χ4n) is 6.64. The molecular weight excluding hydrogens is 552 g/mol. The molecule has 1 atom stereocenters. The van der Waals surface area contributed by atoms with Crippen LogP contribution in [0.2, 0.25) is 0 Å². The summed E-state index contributed by atoms with van der Waals surface area (Å²) in [6.45, 7) is 17.0. The van der Waals surface area contributed by atoms with Crippen LogP contribution in [0.1, 0.15) is 144 Å². The Balaban J connectivity index is -0.000000506. The maximum Gasteiger partial charge on any atom is 0.306 e. The molecule has 7 heteroatoms. The van der Waals surface area contributed by atoms with Gasteiger partial charge in [0.25, 0.3) is 0 Å². The van der Waals surface area contributed by atoms with Gasteiger partial charge in [-0.05, 0) is 106 Å². The van der Waals surface area contributed by atoms with Gasteiger partial charge in [0.1, 0.15) is 12.2 Å². The molecule has 0 spiro atoms. The smallest absolute Gasteiger partial charge is 0.306 e. The van der Waals surface area contributed by atoms with Crippen molar-refractivity contribution in [1.82, 2.24) is 9.96 Å². The molecule has 0 aliphatic carbocycles. The van der Waals surface area contributed by atoms with Crippen molar-refractivity contribution in [3.05, 3.63) is 0 Å². The van der Waals surface area contributed by atoms with Crippen LogP contribution < -0.4 is 0 Å². The topological polar surface area (TPSA) is 68.3 Å². The van der Waals surface area contributed by atoms with E-state index in [9.17, 15) is 9.59 Å². The molecule has 0 amide bonds. The summed E-state index contributed by atoms with van der Waals surface area (Å²) in [5.41, 5.74) is -0.868. The molecule has 2 fully saturated rings. The van der Waals surface area contributed by atoms with Crippen LogP contribution in [0, 0.1) is 48.1 Å². The molecule has 2 heterocycles. The Morgan fingerprint density at radius 1 is 0.750 bits per heavy atom. The van der Waals surface area contributed by atoms with Crippen LogP contribution in [0.25, 0.3) is 0 Å². The summed E-state index contributed by atoms with van der Waals surface area (Å²) >= 11 is 0. The lowest BCUT2D eigenvalue weighted by Crippen LogP contribution is -2.63. The van der Waals surface area contributed by atoms with E-state index in [1.807, 2.05) is 5.06 Å². The number of piperidine rings is 2. The minimum absolute atomic E-state index is 0. The first kappa shape index (κ1) is 37.1. The van der Waals surface area contributed by atoms with E-state index in [4.69, 9.17) is 20.7 Å². The molecule has 7 nitrogen and oxygen atoms in total. The number of hydrogen-bond acceptors (Lipinski definition) is 7. The van der Waals surface area contributed by atoms with Crippen LogP contribution in [0.3, 0.4) is 0 Å². The van der Waals surface area contributed by atoms with Crippen molar-refractivity contribution in [2.24, 2.45) is 0 Å². The molecule has 0 aromatic heterocycles. The second-order valence-corrected chi connectivity index (χ2v) is 14.6. The first-order chi connectivity index (χ1) is 20.5. The molecule has 0 bridgehead atoms. The van der Waals surface area contributed by atoms with Gasteiger partial charge in [0.2, 0.25) is 0 Å². The maximum atomic E-state index is 12.6. The highest BCUT2D eigenvalue weighted by Gasteiger charge is 2.49. The highest BCUT2D eigenvalue weighted by atomic mass is 16.7. The number of esters is 2. The third kappa shape index (κ3) is 11.1. The Morgan fingerprint density at radius 3 is 1.82 bits per heavy atom. The Hall–Kier alpha value is -3.10. The highest BCUT2D eigenvalue weighted by molar-refractivity contribution is 5.70. The minimum Gasteiger partial charge on any atom is -0.462 e. The molecule has 0 saturated carbocycles. The van der Waals surface area contributed by atoms with E-state index >= 15 is 0 Å². The zero-order chi connectivity index (χ0) is 33.0. The van der Waals surface area contributed by atoms with Crippen molar-refractivity contribution in [3.8, 4) is 48.1 Å². The number of hydrogen-bond donors (Lipinski definition) is 0. The Kier molecular flexibility index (Phi) is 13.7. The average molecular weight is 623 g/mol. The second-order valence-electron chi connectivity index (χ2n) is 14.6. The monoisotopic (exact) mass is 623 g/mol. The molecule has 2 rings (SSSR count). The molecule has 2 saturated heterocycles. The van der Waals surface area contributed by atoms with E-state index < -0.39 is 11.1 Å². The Bertz CT molecular complexity index is 1240. The molecule has 258 valence electrons. The summed E-state index contributed by atoms with van der Waals surface area (Å²) in [7, 11) is 2.12. The van der Waals surface area contributed by atoms with Gasteiger partial charge in [-0.2, -0.15) is 0 Å². The number of ether oxygens (including phenoxy) is 2. The number of rotatable bonds is 12. The molecule has 1 unspecified atom stereocenters. The van der Waals surface area contributed by atoms with Crippen molar-refractivity contribution in [2.45, 2.75) is 167 Å². The summed E-state index contributed by atoms with van der Waals surface area (Å²) in [5, 5.41) is 1.86. The van der Waals surface area contributed by atoms with Gasteiger partial charge in [0.05, 0.1) is 16.6 Å². The zero-order valence-corrected chi connectivity index (χ0v) is 28.7. The normalized spacial score (nSPS) is 22.0. The lowest BCUT2D eigenvalue weighted by molar-refractivity contribution is -0.255. The van der Waals surface area contributed by atoms with Gasteiger partial charge >= 0.3 is 11.9 Å². The van der Waals surface area contributed by atoms with Crippen LogP contribution in [0.5, 0.6) is 0 Å². The average Bonchev–Trinajstić information content (AvgIpc) is 2.91. The summed E-state index contributed by atoms with van der Waals surface area (Å²) in [6.07, 6.45) is 17.2. The summed E-state index contributed by atoms with van der Waals surface area (Å²) in [5.74, 6) is 14.6. The summed E-state index contributed by atoms with van der Waals surface area (Å²) in [6, 6.07) is 0. The summed E-state index contributed by atoms with van der Waals surface area (Å²) < 4.78 is 11.8. The van der Waals surface area contributed by atoms with Crippen LogP contribution in [-0.4, -0.2) is 63.3 Å². The molecule has 2 aliphatic rings. The van der Waals surface area contributed by atoms with Crippen molar-refractivity contribution < 1.29 is 35.3 Å². The predicted octanol–water partition coefficient (Wildman–Crippen LogP) is 8.37. The van der Waals surface area contributed by atoms with E-state index in [0.717, 1.165) is 51.4 Å². The SMILES string of the molecule is C#CC#CC#CC#CON1C(C)(C)CC(OC(=O)CCCCCCCCC(=O)OC2CCC(C)(C)N(C)C2(C)C)CC1(C)C.[HH].[HH].[HH].[HH].[HH].[HH].[HH].[HH]. The molecule has 0 aromatic carbocycles. The van der Waals surface area contributed by atoms with E-state index in [-0.39, 0.29) is 46.6 Å². The van der Waals surface area contributed by atoms with Crippen molar-refractivity contribution in [2.75, 3.05) is 7.05 Å². The summed E-state index contributed by atoms with van der Waals surface area (Å²) in [4.78, 5) is 33.3. The van der Waals surface area contributed by atoms with Crippen molar-refractivity contribution >= 4 is 11.9 Å². The van der Waals surface area contributed by atoms with Crippen LogP contribution >= 0.6 is 0 Å². The van der Waals surface area contributed by atoms with E-state index in [2.05, 4.69) is 109 Å². The van der Waals surface area contributed by atoms with Crippen molar-refractivity contribution in [3.63, 3.8) is 0 Å². The molecule has 0 radical (unpaired) electrons. The van der Waals surface area contributed by atoms with Crippen LogP contribution in [0.4, 0.5) is 0 Å². The third-order valence-electron chi connectivity index (χ3n) is 9.23. The Morgan fingerprint density at radius 2 is 1.25 bits per heavy atom. The maximum absolute atomic E-state index is 12.6. The fourth-order valence-corrected chi connectivity index (χ4v) is 6.64. The molecule has 2 aliphatic heterocycles. The first-order valence-electron chi connectivity index (χ1n) is 16.1. The van der Waals surface area contributed by atoms with Crippen LogP contribution in [0.15, 0.2) is 0 Å². The van der Waals surface area contributed by atoms with Gasteiger partial charge < -0.3 is 14.3 Å². The van der Waals surface area contributed by atoms with Gasteiger partial charge in [0.15, 0.2) is 6.11 Å². The Labute approximate surface area is 279 Å². The molecular formula is C37H70N2O5. The molecule has 0 N–H and O–H groups in total. The number of likely N-dealkylation sites (N-methyl/N-ethyl adjacent to an activating group) is 1. The third-order valence-corrected chi connectivity index (χ3v) is 9.23. The van der Waals surface area contributed by atoms with Gasteiger partial charge in [-0.15, -0.1) is 11.5 Å². The van der Waals surface area contributed by atoms with Gasteiger partial charge in [-0.1, -0.05) is 25.7 Å². The van der Waals surface area contributed by atoms with Crippen molar-refractivity contribution in [1.29, 1.82) is 0 Å². The number of nitrogens with zero attached hydrogens (tertiary/aromatic N) is 2. The number of carbonyl (C=O) groups is 2. The number of unbranched alkanes of at least 4 members (excludes halogenated alkanes) is 5. The predicted molar refractivity (Wildman–Crippen MR) is 191 cm³/mol. The molecule has 0 aromatic rings. The fraction of sp³-hybridized carbons (Fsp3) is 0.730. The number of carbonyl (C=O) groups excluding carboxylic acids is 2. The first-order valence-corrected chi connectivity index (χ1v) is 16.1. The lowest BCUT2D eigenvalue weighted by Gasteiger charge is -2.54. The number of hydroxylamine groups is 2. The van der Waals surface area contributed by atoms with Gasteiger partial charge in [-0.3, -0.25) is 14.5 Å². The number of terminal acetylenes is 1. The largest absolute Gasteiger partial charge is 0.462 e. The second kappa shape index (κ2) is 16.3. The van der Waals surface area contributed by atoms with E-state index in [1.54, 1.807) is 0 Å². The van der Waals surface area contributed by atoms with E-state index in [0.29, 0.717) is 25.7 Å². The van der Waals surface area contributed by atoms with Gasteiger partial charge in [0, 0.05) is 60.4 Å². The quantitative estimate of drug-likeness (QED) is 0.123. The lowest BCUT2D eigenvalue weighted by atomic mass is 9.78. The number of likely N-dealkylation sites (tertiary alicyclic amines) is 1. The minimum atomic E-state index is -0.398. The van der Waals surface area contributed by atoms with E-state index in [1.165, 1.54) is 0 Å². The standard InChI is InChI=1S/C37H54N2O5.8H2/c1-11-12-13-14-19-22-27-42-39-35(4,5)28-30(29-36(39,6)7)43-32(40)23-20-17-15-16-18-21-24-33(41)44-31-25-26-34(2,3)38(10)37(31,8)9;;;;;;;;/h1,30-31H,15-18,20-21,23-26,28-29H2,2-10H3;8*1H. The van der Waals surface area contributed by atoms with Crippen LogP contribution in [-0.2, 0) is 23.9 Å². The highest BCUT2D eigenvalue weighted by Crippen LogP contribution is 2.40. The zero-order valence-electron chi connectivity index (χ0n) is 28.7.